The number of benzene rings is 1. The highest BCUT2D eigenvalue weighted by molar-refractivity contribution is 6.62. The van der Waals surface area contributed by atoms with Crippen molar-refractivity contribution in [3.05, 3.63) is 24.3 Å². The molecular formula is C16H24BNO4. The Hall–Kier alpha value is -1.53. The first-order chi connectivity index (χ1) is 10.2. The smallest absolute Gasteiger partial charge is 0.449 e. The first-order valence-electron chi connectivity index (χ1n) is 7.64. The lowest BCUT2D eigenvalue weighted by molar-refractivity contribution is 0.00578. The van der Waals surface area contributed by atoms with Gasteiger partial charge in [-0.05, 0) is 51.7 Å². The van der Waals surface area contributed by atoms with Gasteiger partial charge in [0.2, 0.25) is 0 Å². The molecule has 1 aliphatic rings. The molecule has 120 valence electrons. The summed E-state index contributed by atoms with van der Waals surface area (Å²) >= 11 is 0. The lowest BCUT2D eigenvalue weighted by atomic mass is 9.79. The number of carbonyl (C=O) groups excluding carboxylic acids is 1. The van der Waals surface area contributed by atoms with Crippen LogP contribution >= 0.6 is 0 Å². The summed E-state index contributed by atoms with van der Waals surface area (Å²) in [5.41, 5.74) is 0.879. The van der Waals surface area contributed by atoms with Crippen LogP contribution in [0.5, 0.6) is 0 Å². The molecule has 1 aliphatic heterocycles. The quantitative estimate of drug-likeness (QED) is 0.869. The van der Waals surface area contributed by atoms with E-state index < -0.39 is 13.2 Å². The molecule has 1 fully saturated rings. The van der Waals surface area contributed by atoms with Gasteiger partial charge in [-0.2, -0.15) is 0 Å². The van der Waals surface area contributed by atoms with Crippen molar-refractivity contribution in [1.29, 1.82) is 0 Å². The van der Waals surface area contributed by atoms with Crippen LogP contribution in [0.3, 0.4) is 0 Å². The van der Waals surface area contributed by atoms with Gasteiger partial charge in [0, 0.05) is 5.69 Å². The highest BCUT2D eigenvalue weighted by Crippen LogP contribution is 2.36. The van der Waals surface area contributed by atoms with Gasteiger partial charge >= 0.3 is 13.2 Å². The van der Waals surface area contributed by atoms with Crippen LogP contribution in [-0.4, -0.2) is 31.0 Å². The molecule has 1 aromatic rings. The maximum Gasteiger partial charge on any atom is 0.494 e. The minimum Gasteiger partial charge on any atom is -0.449 e. The van der Waals surface area contributed by atoms with Gasteiger partial charge in [-0.3, -0.25) is 5.32 Å². The van der Waals surface area contributed by atoms with Crippen LogP contribution in [0.1, 0.15) is 41.0 Å². The largest absolute Gasteiger partial charge is 0.494 e. The van der Waals surface area contributed by atoms with Crippen molar-refractivity contribution in [3.8, 4) is 0 Å². The zero-order valence-electron chi connectivity index (χ0n) is 13.9. The number of ether oxygens (including phenoxy) is 1. The van der Waals surface area contributed by atoms with Gasteiger partial charge in [-0.15, -0.1) is 0 Å². The molecule has 1 saturated heterocycles. The maximum absolute atomic E-state index is 11.5. The number of hydrogen-bond acceptors (Lipinski definition) is 4. The normalized spacial score (nSPS) is 19.0. The Morgan fingerprint density at radius 3 is 2.18 bits per heavy atom. The fraction of sp³-hybridized carbons (Fsp3) is 0.562. The van der Waals surface area contributed by atoms with Gasteiger partial charge < -0.3 is 14.0 Å². The topological polar surface area (TPSA) is 56.8 Å². The van der Waals surface area contributed by atoms with Crippen LogP contribution in [-0.2, 0) is 14.0 Å². The van der Waals surface area contributed by atoms with Crippen molar-refractivity contribution in [1.82, 2.24) is 0 Å². The van der Waals surface area contributed by atoms with Gasteiger partial charge in [0.25, 0.3) is 0 Å². The van der Waals surface area contributed by atoms with Gasteiger partial charge in [-0.25, -0.2) is 4.79 Å². The van der Waals surface area contributed by atoms with Gasteiger partial charge in [0.05, 0.1) is 17.8 Å². The number of anilines is 1. The van der Waals surface area contributed by atoms with E-state index in [1.165, 1.54) is 0 Å². The van der Waals surface area contributed by atoms with Crippen LogP contribution < -0.4 is 10.8 Å². The molecule has 1 heterocycles. The number of hydrogen-bond donors (Lipinski definition) is 1. The van der Waals surface area contributed by atoms with Crippen LogP contribution in [0, 0.1) is 0 Å². The highest BCUT2D eigenvalue weighted by atomic mass is 16.7. The number of amides is 1. The molecule has 0 radical (unpaired) electrons. The summed E-state index contributed by atoms with van der Waals surface area (Å²) in [5.74, 6) is 0. The molecule has 0 aromatic heterocycles. The Morgan fingerprint density at radius 2 is 1.68 bits per heavy atom. The average Bonchev–Trinajstić information content (AvgIpc) is 2.66. The molecule has 1 aromatic carbocycles. The molecule has 0 atom stereocenters. The van der Waals surface area contributed by atoms with Crippen LogP contribution in [0.25, 0.3) is 0 Å². The Bertz CT molecular complexity index is 511. The van der Waals surface area contributed by atoms with E-state index in [1.807, 2.05) is 58.9 Å². The van der Waals surface area contributed by atoms with Crippen LogP contribution in [0.4, 0.5) is 10.5 Å². The Kier molecular flexibility index (Phi) is 4.82. The third kappa shape index (κ3) is 3.62. The van der Waals surface area contributed by atoms with E-state index in [-0.39, 0.29) is 11.2 Å². The molecule has 0 aliphatic carbocycles. The number of rotatable bonds is 4. The molecule has 1 amide bonds. The molecule has 0 saturated carbocycles. The zero-order valence-corrected chi connectivity index (χ0v) is 13.9. The van der Waals surface area contributed by atoms with Crippen molar-refractivity contribution in [2.75, 3.05) is 11.9 Å². The summed E-state index contributed by atoms with van der Waals surface area (Å²) < 4.78 is 17.0. The van der Waals surface area contributed by atoms with E-state index >= 15 is 0 Å². The second-order valence-electron chi connectivity index (χ2n) is 6.47. The van der Waals surface area contributed by atoms with Gasteiger partial charge in [0.15, 0.2) is 0 Å². The predicted molar refractivity (Wildman–Crippen MR) is 87.4 cm³/mol. The molecule has 2 rings (SSSR count). The summed E-state index contributed by atoms with van der Waals surface area (Å²) in [5, 5.41) is 2.68. The van der Waals surface area contributed by atoms with Crippen molar-refractivity contribution < 1.29 is 18.8 Å². The number of carbonyl (C=O) groups is 1. The Labute approximate surface area is 132 Å². The first-order valence-corrected chi connectivity index (χ1v) is 7.64. The minimum absolute atomic E-state index is 0.363. The van der Waals surface area contributed by atoms with E-state index in [1.54, 1.807) is 0 Å². The summed E-state index contributed by atoms with van der Waals surface area (Å²) in [4.78, 5) is 11.5. The third-order valence-corrected chi connectivity index (χ3v) is 4.12. The minimum atomic E-state index is -0.440. The fourth-order valence-electron chi connectivity index (χ4n) is 2.05. The summed E-state index contributed by atoms with van der Waals surface area (Å²) in [7, 11) is -0.397. The summed E-state index contributed by atoms with van der Waals surface area (Å²) in [6.07, 6.45) is 0.360. The lowest BCUT2D eigenvalue weighted by Crippen LogP contribution is -2.41. The average molecular weight is 305 g/mol. The Morgan fingerprint density at radius 1 is 1.14 bits per heavy atom. The second-order valence-corrected chi connectivity index (χ2v) is 6.47. The standard InChI is InChI=1S/C16H24BNO4/c1-6-11-20-14(19)18-13-9-7-12(8-10-13)17-21-15(2,3)16(4,5)22-17/h7-10H,6,11H2,1-5H3,(H,18,19). The molecular weight excluding hydrogens is 281 g/mol. The molecule has 0 spiro atoms. The van der Waals surface area contributed by atoms with E-state index in [9.17, 15) is 4.79 Å². The van der Waals surface area contributed by atoms with Gasteiger partial charge in [-0.1, -0.05) is 19.1 Å². The lowest BCUT2D eigenvalue weighted by Gasteiger charge is -2.32. The Balaban J connectivity index is 2.00. The predicted octanol–water partition coefficient (Wildman–Crippen LogP) is 2.94. The van der Waals surface area contributed by atoms with Crippen molar-refractivity contribution in [2.24, 2.45) is 0 Å². The maximum atomic E-state index is 11.5. The van der Waals surface area contributed by atoms with Crippen molar-refractivity contribution in [2.45, 2.75) is 52.2 Å². The van der Waals surface area contributed by atoms with Crippen molar-refractivity contribution >= 4 is 24.4 Å². The van der Waals surface area contributed by atoms with E-state index in [0.29, 0.717) is 12.3 Å². The molecule has 0 unspecified atom stereocenters. The first kappa shape index (κ1) is 16.8. The second kappa shape index (κ2) is 6.30. The summed E-state index contributed by atoms with van der Waals surface area (Å²) in [6.45, 7) is 10.4. The zero-order chi connectivity index (χ0) is 16.4. The van der Waals surface area contributed by atoms with Crippen molar-refractivity contribution in [3.63, 3.8) is 0 Å². The molecule has 5 nitrogen and oxygen atoms in total. The fourth-order valence-corrected chi connectivity index (χ4v) is 2.05. The molecule has 0 bridgehead atoms. The van der Waals surface area contributed by atoms with Gasteiger partial charge in [0.1, 0.15) is 0 Å². The SMILES string of the molecule is CCCOC(=O)Nc1ccc(B2OC(C)(C)C(C)(C)O2)cc1. The number of nitrogens with one attached hydrogen (secondary N) is 1. The van der Waals surface area contributed by atoms with E-state index in [0.717, 1.165) is 11.9 Å². The summed E-state index contributed by atoms with van der Waals surface area (Å²) in [6, 6.07) is 7.40. The van der Waals surface area contributed by atoms with E-state index in [2.05, 4.69) is 5.32 Å². The molecule has 22 heavy (non-hydrogen) atoms. The monoisotopic (exact) mass is 305 g/mol. The highest BCUT2D eigenvalue weighted by Gasteiger charge is 2.51. The molecule has 6 heteroatoms. The van der Waals surface area contributed by atoms with Crippen LogP contribution in [0.15, 0.2) is 24.3 Å². The van der Waals surface area contributed by atoms with E-state index in [4.69, 9.17) is 14.0 Å². The third-order valence-electron chi connectivity index (χ3n) is 4.12. The van der Waals surface area contributed by atoms with Crippen LogP contribution in [0.2, 0.25) is 0 Å². The molecule has 1 N–H and O–H groups in total.